The van der Waals surface area contributed by atoms with Gasteiger partial charge in [-0.2, -0.15) is 0 Å². The first-order chi connectivity index (χ1) is 5.29. The molecule has 1 aliphatic rings. The fourth-order valence-corrected chi connectivity index (χ4v) is 1.84. The van der Waals surface area contributed by atoms with Crippen LogP contribution in [0.1, 0.15) is 30.4 Å². The molecule has 0 aromatic heterocycles. The minimum Gasteiger partial charge on any atom is -0.0952 e. The summed E-state index contributed by atoms with van der Waals surface area (Å²) >= 11 is 0. The van der Waals surface area contributed by atoms with Crippen molar-refractivity contribution < 1.29 is 0 Å². The van der Waals surface area contributed by atoms with Crippen molar-refractivity contribution >= 4 is 5.57 Å². The Morgan fingerprint density at radius 2 is 2.09 bits per heavy atom. The third-order valence-corrected chi connectivity index (χ3v) is 2.43. The molecule has 0 amide bonds. The molecule has 1 aromatic carbocycles. The van der Waals surface area contributed by atoms with Crippen LogP contribution in [0.3, 0.4) is 0 Å². The van der Waals surface area contributed by atoms with E-state index in [4.69, 9.17) is 0 Å². The van der Waals surface area contributed by atoms with Crippen LogP contribution in [0.5, 0.6) is 0 Å². The van der Waals surface area contributed by atoms with Crippen molar-refractivity contribution in [3.8, 4) is 0 Å². The molecular weight excluding hydrogens is 132 g/mol. The number of fused-ring (bicyclic) bond motifs is 1. The number of benzene rings is 1. The van der Waals surface area contributed by atoms with Crippen molar-refractivity contribution in [2.24, 2.45) is 0 Å². The predicted octanol–water partition coefficient (Wildman–Crippen LogP) is 3.21. The summed E-state index contributed by atoms with van der Waals surface area (Å²) in [7, 11) is 0. The van der Waals surface area contributed by atoms with Gasteiger partial charge in [0.15, 0.2) is 0 Å². The van der Waals surface area contributed by atoms with Crippen molar-refractivity contribution in [1.29, 1.82) is 0 Å². The summed E-state index contributed by atoms with van der Waals surface area (Å²) in [5.74, 6) is 0.679. The van der Waals surface area contributed by atoms with E-state index in [0.717, 1.165) is 6.42 Å². The molecule has 0 saturated carbocycles. The third-order valence-electron chi connectivity index (χ3n) is 2.43. The molecular formula is C11H12. The van der Waals surface area contributed by atoms with Gasteiger partial charge in [0.25, 0.3) is 0 Å². The minimum absolute atomic E-state index is 0.679. The molecule has 0 aliphatic heterocycles. The van der Waals surface area contributed by atoms with Crippen LogP contribution in [0.2, 0.25) is 0 Å². The lowest BCUT2D eigenvalue weighted by Crippen LogP contribution is -1.83. The number of hydrogen-bond donors (Lipinski definition) is 0. The van der Waals surface area contributed by atoms with Gasteiger partial charge < -0.3 is 0 Å². The van der Waals surface area contributed by atoms with Crippen LogP contribution in [0, 0.1) is 0 Å². The Kier molecular flexibility index (Phi) is 1.35. The van der Waals surface area contributed by atoms with Gasteiger partial charge in [0.05, 0.1) is 0 Å². The molecule has 1 atom stereocenters. The zero-order valence-electron chi connectivity index (χ0n) is 6.80. The fraction of sp³-hybridized carbons (Fsp3) is 0.273. The van der Waals surface area contributed by atoms with Gasteiger partial charge in [0.1, 0.15) is 0 Å². The van der Waals surface area contributed by atoms with E-state index in [0.29, 0.717) is 5.92 Å². The first kappa shape index (κ1) is 6.66. The molecule has 0 saturated heterocycles. The lowest BCUT2D eigenvalue weighted by molar-refractivity contribution is 0.828. The van der Waals surface area contributed by atoms with Gasteiger partial charge >= 0.3 is 0 Å². The summed E-state index contributed by atoms with van der Waals surface area (Å²) < 4.78 is 0. The van der Waals surface area contributed by atoms with Crippen LogP contribution in [0.25, 0.3) is 5.57 Å². The van der Waals surface area contributed by atoms with E-state index in [-0.39, 0.29) is 0 Å². The second-order valence-corrected chi connectivity index (χ2v) is 3.30. The molecule has 0 fully saturated rings. The highest BCUT2D eigenvalue weighted by Gasteiger charge is 2.20. The fourth-order valence-electron chi connectivity index (χ4n) is 1.84. The Labute approximate surface area is 67.6 Å². The van der Waals surface area contributed by atoms with Gasteiger partial charge in [-0.15, -0.1) is 0 Å². The highest BCUT2D eigenvalue weighted by Crippen LogP contribution is 2.39. The predicted molar refractivity (Wildman–Crippen MR) is 48.5 cm³/mol. The molecule has 11 heavy (non-hydrogen) atoms. The van der Waals surface area contributed by atoms with Gasteiger partial charge in [0, 0.05) is 0 Å². The monoisotopic (exact) mass is 144 g/mol. The minimum atomic E-state index is 0.679. The van der Waals surface area contributed by atoms with Crippen molar-refractivity contribution in [2.45, 2.75) is 19.3 Å². The smallest absolute Gasteiger partial charge is 0.0144 e. The maximum absolute atomic E-state index is 4.05. The van der Waals surface area contributed by atoms with Gasteiger partial charge in [-0.25, -0.2) is 0 Å². The zero-order chi connectivity index (χ0) is 7.84. The van der Waals surface area contributed by atoms with Crippen molar-refractivity contribution in [2.75, 3.05) is 0 Å². The second kappa shape index (κ2) is 2.23. The lowest BCUT2D eigenvalue weighted by atomic mass is 10.0. The second-order valence-electron chi connectivity index (χ2n) is 3.30. The van der Waals surface area contributed by atoms with Crippen LogP contribution in [0.4, 0.5) is 0 Å². The van der Waals surface area contributed by atoms with E-state index >= 15 is 0 Å². The maximum Gasteiger partial charge on any atom is -0.0144 e. The molecule has 0 N–H and O–H groups in total. The van der Waals surface area contributed by atoms with Crippen molar-refractivity contribution in [3.63, 3.8) is 0 Å². The van der Waals surface area contributed by atoms with Crippen LogP contribution in [-0.2, 0) is 0 Å². The Hall–Kier alpha value is -1.04. The van der Waals surface area contributed by atoms with Crippen LogP contribution in [0.15, 0.2) is 30.8 Å². The average Bonchev–Trinajstić information content (AvgIpc) is 2.30. The first-order valence-electron chi connectivity index (χ1n) is 4.06. The normalized spacial score (nSPS) is 21.9. The summed E-state index contributed by atoms with van der Waals surface area (Å²) in [5, 5.41) is 0. The average molecular weight is 144 g/mol. The maximum atomic E-state index is 4.05. The van der Waals surface area contributed by atoms with Crippen LogP contribution < -0.4 is 0 Å². The van der Waals surface area contributed by atoms with Gasteiger partial charge in [-0.05, 0) is 29.0 Å². The van der Waals surface area contributed by atoms with Crippen molar-refractivity contribution in [1.82, 2.24) is 0 Å². The molecule has 2 rings (SSSR count). The van der Waals surface area contributed by atoms with E-state index in [1.54, 1.807) is 0 Å². The van der Waals surface area contributed by atoms with Crippen LogP contribution in [-0.4, -0.2) is 0 Å². The van der Waals surface area contributed by atoms with E-state index in [1.807, 2.05) is 0 Å². The molecule has 0 radical (unpaired) electrons. The Morgan fingerprint density at radius 1 is 1.36 bits per heavy atom. The summed E-state index contributed by atoms with van der Waals surface area (Å²) in [6.45, 7) is 6.31. The molecule has 0 bridgehead atoms. The van der Waals surface area contributed by atoms with E-state index in [1.165, 1.54) is 16.7 Å². The standard InChI is InChI=1S/C11H12/c1-8-7-9(2)11-6-4-3-5-10(8)11/h3-6,9H,1,7H2,2H3/t9-/m0/s1. The first-order valence-corrected chi connectivity index (χ1v) is 4.06. The SMILES string of the molecule is C=C1C[C@H](C)c2ccccc21. The quantitative estimate of drug-likeness (QED) is 0.524. The van der Waals surface area contributed by atoms with E-state index in [2.05, 4.69) is 37.8 Å². The van der Waals surface area contributed by atoms with E-state index in [9.17, 15) is 0 Å². The largest absolute Gasteiger partial charge is 0.0952 e. The molecule has 0 nitrogen and oxygen atoms in total. The van der Waals surface area contributed by atoms with Gasteiger partial charge in [-0.3, -0.25) is 0 Å². The summed E-state index contributed by atoms with van der Waals surface area (Å²) in [6, 6.07) is 8.56. The Balaban J connectivity index is 2.60. The molecule has 1 aliphatic carbocycles. The molecule has 0 unspecified atom stereocenters. The van der Waals surface area contributed by atoms with Crippen molar-refractivity contribution in [3.05, 3.63) is 42.0 Å². The third kappa shape index (κ3) is 0.900. The van der Waals surface area contributed by atoms with Crippen LogP contribution >= 0.6 is 0 Å². The molecule has 1 aromatic rings. The Morgan fingerprint density at radius 3 is 2.82 bits per heavy atom. The summed E-state index contributed by atoms with van der Waals surface area (Å²) in [4.78, 5) is 0. The number of allylic oxidation sites excluding steroid dienone is 1. The zero-order valence-corrected chi connectivity index (χ0v) is 6.80. The Bertz CT molecular complexity index is 297. The number of rotatable bonds is 0. The summed E-state index contributed by atoms with van der Waals surface area (Å²) in [6.07, 6.45) is 1.14. The molecule has 0 spiro atoms. The molecule has 0 heterocycles. The highest BCUT2D eigenvalue weighted by atomic mass is 14.2. The highest BCUT2D eigenvalue weighted by molar-refractivity contribution is 5.72. The van der Waals surface area contributed by atoms with Gasteiger partial charge in [0.2, 0.25) is 0 Å². The molecule has 56 valence electrons. The topological polar surface area (TPSA) is 0 Å². The lowest BCUT2D eigenvalue weighted by Gasteiger charge is -2.00. The molecule has 0 heteroatoms. The number of hydrogen-bond acceptors (Lipinski definition) is 0. The van der Waals surface area contributed by atoms with E-state index < -0.39 is 0 Å². The summed E-state index contributed by atoms with van der Waals surface area (Å²) in [5.41, 5.74) is 4.14. The van der Waals surface area contributed by atoms with Gasteiger partial charge in [-0.1, -0.05) is 37.8 Å².